The van der Waals surface area contributed by atoms with Crippen LogP contribution in [0.5, 0.6) is 0 Å². The summed E-state index contributed by atoms with van der Waals surface area (Å²) in [5, 5.41) is 3.39. The molecule has 1 amide bonds. The lowest BCUT2D eigenvalue weighted by Gasteiger charge is -2.14. The van der Waals surface area contributed by atoms with E-state index in [9.17, 15) is 4.79 Å². The molecule has 1 rings (SSSR count). The molecule has 0 bridgehead atoms. The van der Waals surface area contributed by atoms with Crippen molar-refractivity contribution in [3.63, 3.8) is 0 Å². The fourth-order valence-corrected chi connectivity index (χ4v) is 2.17. The summed E-state index contributed by atoms with van der Waals surface area (Å²) in [6.45, 7) is 4.97. The molecule has 0 spiro atoms. The van der Waals surface area contributed by atoms with Crippen molar-refractivity contribution < 1.29 is 4.79 Å². The van der Waals surface area contributed by atoms with Gasteiger partial charge >= 0.3 is 0 Å². The predicted molar refractivity (Wildman–Crippen MR) is 75.6 cm³/mol. The van der Waals surface area contributed by atoms with Crippen LogP contribution in [-0.2, 0) is 0 Å². The molecule has 0 fully saturated rings. The Morgan fingerprint density at radius 3 is 2.65 bits per heavy atom. The highest BCUT2D eigenvalue weighted by molar-refractivity contribution is 9.10. The highest BCUT2D eigenvalue weighted by atomic mass is 79.9. The smallest absolute Gasteiger partial charge is 0.252 e. The minimum absolute atomic E-state index is 0.108. The largest absolute Gasteiger partial charge is 0.352 e. The minimum atomic E-state index is -0.108. The molecule has 4 heteroatoms. The topological polar surface area (TPSA) is 29.1 Å². The maximum atomic E-state index is 11.9. The van der Waals surface area contributed by atoms with Crippen LogP contribution in [0.15, 0.2) is 22.7 Å². The highest BCUT2D eigenvalue weighted by Crippen LogP contribution is 2.25. The minimum Gasteiger partial charge on any atom is -0.352 e. The highest BCUT2D eigenvalue weighted by Gasteiger charge is 2.13. The fraction of sp³-hybridized carbons (Fsp3) is 0.462. The third kappa shape index (κ3) is 4.00. The lowest BCUT2D eigenvalue weighted by molar-refractivity contribution is 0.0946. The first-order chi connectivity index (χ1) is 8.10. The van der Waals surface area contributed by atoms with Gasteiger partial charge in [-0.2, -0.15) is 0 Å². The molecule has 0 heterocycles. The summed E-state index contributed by atoms with van der Waals surface area (Å²) < 4.78 is 0.745. The van der Waals surface area contributed by atoms with Gasteiger partial charge in [-0.05, 0) is 34.0 Å². The zero-order chi connectivity index (χ0) is 12.8. The van der Waals surface area contributed by atoms with Crippen molar-refractivity contribution in [1.82, 2.24) is 5.32 Å². The van der Waals surface area contributed by atoms with E-state index in [1.165, 1.54) is 0 Å². The van der Waals surface area contributed by atoms with Gasteiger partial charge in [-0.3, -0.25) is 4.79 Å². The molecule has 2 nitrogen and oxygen atoms in total. The zero-order valence-corrected chi connectivity index (χ0v) is 12.4. The summed E-state index contributed by atoms with van der Waals surface area (Å²) in [7, 11) is 0. The number of amides is 1. The van der Waals surface area contributed by atoms with Crippen LogP contribution >= 0.6 is 27.5 Å². The first kappa shape index (κ1) is 14.5. The summed E-state index contributed by atoms with van der Waals surface area (Å²) in [5.74, 6) is 0.424. The van der Waals surface area contributed by atoms with E-state index in [0.717, 1.165) is 17.3 Å². The Bertz CT molecular complexity index is 391. The van der Waals surface area contributed by atoms with E-state index in [0.29, 0.717) is 23.0 Å². The lowest BCUT2D eigenvalue weighted by atomic mass is 10.0. The molecule has 0 aliphatic carbocycles. The summed E-state index contributed by atoms with van der Waals surface area (Å²) in [4.78, 5) is 11.9. The molecule has 0 aliphatic heterocycles. The van der Waals surface area contributed by atoms with Crippen molar-refractivity contribution in [3.8, 4) is 0 Å². The predicted octanol–water partition coefficient (Wildman–Crippen LogP) is 4.27. The van der Waals surface area contributed by atoms with Crippen LogP contribution in [0.3, 0.4) is 0 Å². The summed E-state index contributed by atoms with van der Waals surface area (Å²) >= 11 is 9.37. The van der Waals surface area contributed by atoms with E-state index in [1.54, 1.807) is 6.07 Å². The van der Waals surface area contributed by atoms with Gasteiger partial charge in [-0.25, -0.2) is 0 Å². The van der Waals surface area contributed by atoms with Crippen LogP contribution in [0.2, 0.25) is 5.02 Å². The summed E-state index contributed by atoms with van der Waals surface area (Å²) in [6, 6.07) is 5.36. The normalized spacial score (nSPS) is 10.6. The van der Waals surface area contributed by atoms with Crippen molar-refractivity contribution in [3.05, 3.63) is 33.3 Å². The molecule has 0 atom stereocenters. The Labute approximate surface area is 116 Å². The van der Waals surface area contributed by atoms with E-state index in [1.807, 2.05) is 12.1 Å². The monoisotopic (exact) mass is 317 g/mol. The van der Waals surface area contributed by atoms with Crippen LogP contribution in [0.25, 0.3) is 0 Å². The second-order valence-corrected chi connectivity index (χ2v) is 5.23. The lowest BCUT2D eigenvalue weighted by Crippen LogP contribution is -2.29. The first-order valence-corrected chi connectivity index (χ1v) is 6.99. The Kier molecular flexibility index (Phi) is 6.00. The molecule has 17 heavy (non-hydrogen) atoms. The van der Waals surface area contributed by atoms with Gasteiger partial charge in [0.2, 0.25) is 0 Å². The van der Waals surface area contributed by atoms with Crippen molar-refractivity contribution >= 4 is 33.4 Å². The van der Waals surface area contributed by atoms with Crippen molar-refractivity contribution in [1.29, 1.82) is 0 Å². The van der Waals surface area contributed by atoms with Crippen molar-refractivity contribution in [2.45, 2.75) is 26.7 Å². The fourth-order valence-electron chi connectivity index (χ4n) is 1.59. The Morgan fingerprint density at radius 2 is 2.06 bits per heavy atom. The molecule has 0 aliphatic rings. The molecule has 0 saturated heterocycles. The summed E-state index contributed by atoms with van der Waals surface area (Å²) in [5.41, 5.74) is 0.520. The van der Waals surface area contributed by atoms with E-state index < -0.39 is 0 Å². The Hall–Kier alpha value is -0.540. The molecule has 94 valence electrons. The zero-order valence-electron chi connectivity index (χ0n) is 10.1. The molecule has 0 aromatic heterocycles. The van der Waals surface area contributed by atoms with Crippen molar-refractivity contribution in [2.75, 3.05) is 6.54 Å². The third-order valence-corrected chi connectivity index (χ3v) is 4.20. The maximum absolute atomic E-state index is 11.9. The van der Waals surface area contributed by atoms with Gasteiger partial charge in [0.05, 0.1) is 10.6 Å². The van der Waals surface area contributed by atoms with Gasteiger partial charge in [0, 0.05) is 11.0 Å². The number of rotatable bonds is 5. The number of carbonyl (C=O) groups excluding carboxylic acids is 1. The molecule has 1 aromatic rings. The van der Waals surface area contributed by atoms with E-state index >= 15 is 0 Å². The number of nitrogens with one attached hydrogen (secondary N) is 1. The van der Waals surface area contributed by atoms with Gasteiger partial charge < -0.3 is 5.32 Å². The van der Waals surface area contributed by atoms with Crippen molar-refractivity contribution in [2.24, 2.45) is 5.92 Å². The van der Waals surface area contributed by atoms with Crippen LogP contribution in [-0.4, -0.2) is 12.5 Å². The number of hydrogen-bond donors (Lipinski definition) is 1. The van der Waals surface area contributed by atoms with Gasteiger partial charge in [0.15, 0.2) is 0 Å². The molecule has 1 aromatic carbocycles. The van der Waals surface area contributed by atoms with E-state index in [4.69, 9.17) is 11.6 Å². The third-order valence-electron chi connectivity index (χ3n) is 2.90. The molecule has 0 saturated carbocycles. The first-order valence-electron chi connectivity index (χ1n) is 5.82. The van der Waals surface area contributed by atoms with Gasteiger partial charge in [0.1, 0.15) is 0 Å². The Balaban J connectivity index is 2.67. The van der Waals surface area contributed by atoms with E-state index in [2.05, 4.69) is 35.1 Å². The average molecular weight is 319 g/mol. The van der Waals surface area contributed by atoms with Gasteiger partial charge in [0.25, 0.3) is 5.91 Å². The second kappa shape index (κ2) is 7.02. The van der Waals surface area contributed by atoms with Gasteiger partial charge in [-0.1, -0.05) is 44.4 Å². The SMILES string of the molecule is CCC(CC)CNC(=O)c1cccc(Br)c1Cl. The molecule has 0 radical (unpaired) electrons. The maximum Gasteiger partial charge on any atom is 0.252 e. The molecule has 0 unspecified atom stereocenters. The summed E-state index contributed by atoms with van der Waals surface area (Å²) in [6.07, 6.45) is 2.14. The number of hydrogen-bond acceptors (Lipinski definition) is 1. The van der Waals surface area contributed by atoms with E-state index in [-0.39, 0.29) is 5.91 Å². The second-order valence-electron chi connectivity index (χ2n) is 3.99. The molecular weight excluding hydrogens is 302 g/mol. The standard InChI is InChI=1S/C13H17BrClNO/c1-3-9(4-2)8-16-13(17)10-6-5-7-11(14)12(10)15/h5-7,9H,3-4,8H2,1-2H3,(H,16,17). The quantitative estimate of drug-likeness (QED) is 0.863. The number of carbonyl (C=O) groups is 1. The average Bonchev–Trinajstić information content (AvgIpc) is 2.33. The van der Waals surface area contributed by atoms with Crippen LogP contribution in [0, 0.1) is 5.92 Å². The van der Waals surface area contributed by atoms with Crippen LogP contribution in [0.1, 0.15) is 37.0 Å². The Morgan fingerprint density at radius 1 is 1.41 bits per heavy atom. The molecular formula is C13H17BrClNO. The van der Waals surface area contributed by atoms with Crippen LogP contribution in [0.4, 0.5) is 0 Å². The van der Waals surface area contributed by atoms with Gasteiger partial charge in [-0.15, -0.1) is 0 Å². The number of halogens is 2. The van der Waals surface area contributed by atoms with Crippen LogP contribution < -0.4 is 5.32 Å². The molecule has 1 N–H and O–H groups in total. The number of benzene rings is 1.